The second-order valence-electron chi connectivity index (χ2n) is 30.1. The normalized spacial score (nSPS) is 13.9. The lowest BCUT2D eigenvalue weighted by Gasteiger charge is -2.21. The molecule has 0 rings (SSSR count). The Morgan fingerprint density at radius 1 is 0.270 bits per heavy atom. The first-order chi connectivity index (χ1) is 48.4. The van der Waals surface area contributed by atoms with Gasteiger partial charge in [0.25, 0.3) is 0 Å². The molecule has 19 heteroatoms. The molecule has 0 amide bonds. The number of phosphoric acid groups is 2. The van der Waals surface area contributed by atoms with Crippen LogP contribution in [0.1, 0.15) is 427 Å². The zero-order chi connectivity index (χ0) is 73.5. The highest BCUT2D eigenvalue weighted by Gasteiger charge is 2.30. The fraction of sp³-hybridized carbons (Fsp3) is 0.951. The van der Waals surface area contributed by atoms with E-state index in [1.165, 1.54) is 238 Å². The van der Waals surface area contributed by atoms with Crippen LogP contribution in [0.5, 0.6) is 0 Å². The summed E-state index contributed by atoms with van der Waals surface area (Å²) in [4.78, 5) is 73.0. The van der Waals surface area contributed by atoms with E-state index < -0.39 is 97.5 Å². The Morgan fingerprint density at radius 2 is 0.460 bits per heavy atom. The number of carbonyl (C=O) groups is 4. The van der Waals surface area contributed by atoms with E-state index in [2.05, 4.69) is 41.5 Å². The summed E-state index contributed by atoms with van der Waals surface area (Å²) in [7, 11) is -9.92. The number of unbranched alkanes of at least 4 members (excludes halogenated alkanes) is 50. The zero-order valence-electron chi connectivity index (χ0n) is 65.5. The highest BCUT2D eigenvalue weighted by molar-refractivity contribution is 7.47. The first-order valence-electron chi connectivity index (χ1n) is 42.0. The van der Waals surface area contributed by atoms with Crippen LogP contribution in [0.3, 0.4) is 0 Å². The third-order valence-corrected chi connectivity index (χ3v) is 20.9. The monoisotopic (exact) mass is 1470 g/mol. The summed E-state index contributed by atoms with van der Waals surface area (Å²) in [6.07, 6.45) is 62.6. The van der Waals surface area contributed by atoms with Crippen molar-refractivity contribution in [1.29, 1.82) is 0 Å². The lowest BCUT2D eigenvalue weighted by atomic mass is 10.0. The van der Waals surface area contributed by atoms with Gasteiger partial charge in [-0.15, -0.1) is 0 Å². The van der Waals surface area contributed by atoms with Gasteiger partial charge in [0.05, 0.1) is 26.4 Å². The fourth-order valence-corrected chi connectivity index (χ4v) is 14.1. The molecule has 0 aromatic carbocycles. The fourth-order valence-electron chi connectivity index (χ4n) is 12.5. The molecule has 0 fully saturated rings. The third-order valence-electron chi connectivity index (χ3n) is 19.0. The molecule has 0 aliphatic rings. The van der Waals surface area contributed by atoms with Crippen molar-refractivity contribution in [3.05, 3.63) is 0 Å². The van der Waals surface area contributed by atoms with E-state index in [-0.39, 0.29) is 25.7 Å². The van der Waals surface area contributed by atoms with E-state index in [0.717, 1.165) is 102 Å². The summed E-state index contributed by atoms with van der Waals surface area (Å²) in [5.74, 6) is -0.623. The van der Waals surface area contributed by atoms with Crippen LogP contribution in [0.2, 0.25) is 0 Å². The minimum absolute atomic E-state index is 0.107. The number of aliphatic hydroxyl groups excluding tert-OH is 1. The van der Waals surface area contributed by atoms with Gasteiger partial charge in [-0.2, -0.15) is 0 Å². The van der Waals surface area contributed by atoms with Crippen LogP contribution in [0.15, 0.2) is 0 Å². The highest BCUT2D eigenvalue weighted by Crippen LogP contribution is 2.45. The number of esters is 4. The Morgan fingerprint density at radius 3 is 0.680 bits per heavy atom. The first-order valence-corrected chi connectivity index (χ1v) is 45.0. The maximum atomic E-state index is 13.1. The molecule has 2 unspecified atom stereocenters. The van der Waals surface area contributed by atoms with Gasteiger partial charge in [-0.3, -0.25) is 37.3 Å². The number of rotatable bonds is 80. The number of hydrogen-bond donors (Lipinski definition) is 3. The average molecular weight is 1470 g/mol. The van der Waals surface area contributed by atoms with Gasteiger partial charge in [-0.1, -0.05) is 375 Å². The second kappa shape index (κ2) is 72.6. The van der Waals surface area contributed by atoms with Crippen molar-refractivity contribution in [2.45, 2.75) is 445 Å². The molecular formula is C81H158O17P2. The molecule has 0 bridgehead atoms. The first kappa shape index (κ1) is 98.1. The number of phosphoric ester groups is 2. The van der Waals surface area contributed by atoms with Gasteiger partial charge in [0.1, 0.15) is 19.3 Å². The summed E-state index contributed by atoms with van der Waals surface area (Å²) in [6.45, 7) is 9.59. The van der Waals surface area contributed by atoms with Crippen LogP contribution in [-0.4, -0.2) is 96.7 Å². The maximum Gasteiger partial charge on any atom is 0.472 e. The Labute approximate surface area is 613 Å². The largest absolute Gasteiger partial charge is 0.472 e. The lowest BCUT2D eigenvalue weighted by molar-refractivity contribution is -0.161. The van der Waals surface area contributed by atoms with Gasteiger partial charge in [0.2, 0.25) is 0 Å². The molecule has 0 radical (unpaired) electrons. The van der Waals surface area contributed by atoms with Crippen molar-refractivity contribution in [1.82, 2.24) is 0 Å². The Bertz CT molecular complexity index is 1920. The zero-order valence-corrected chi connectivity index (χ0v) is 67.3. The summed E-state index contributed by atoms with van der Waals surface area (Å²) in [6, 6.07) is 0. The van der Waals surface area contributed by atoms with E-state index >= 15 is 0 Å². The number of hydrogen-bond acceptors (Lipinski definition) is 15. The van der Waals surface area contributed by atoms with Gasteiger partial charge in [-0.25, -0.2) is 9.13 Å². The summed E-state index contributed by atoms with van der Waals surface area (Å²) >= 11 is 0. The number of aliphatic hydroxyl groups is 1. The van der Waals surface area contributed by atoms with Crippen LogP contribution < -0.4 is 0 Å². The van der Waals surface area contributed by atoms with Crippen molar-refractivity contribution in [2.75, 3.05) is 39.6 Å². The molecule has 17 nitrogen and oxygen atoms in total. The average Bonchev–Trinajstić information content (AvgIpc) is 0.915. The standard InChI is InChI=1S/C81H158O17P2/c1-7-9-11-13-15-17-19-21-23-24-25-26-27-28-29-31-37-41-47-54-60-66-80(85)97-76(69-91-78(83)63-57-51-45-39-35-33-32-34-38-43-49-55-61-73(3)4)71-95-99(87,88)93-67-75(82)68-94-100(89,90)96-72-77(70-92-79(84)64-58-52-48-42-44-50-56-62-74(5)6)98-81(86)65-59-53-46-40-36-30-22-20-18-16-14-12-10-8-2/h73-77,82H,7-72H2,1-6H3,(H,87,88)(H,89,90)/t75-,76-,77-/m1/s1. The van der Waals surface area contributed by atoms with E-state index in [4.69, 9.17) is 37.0 Å². The molecule has 3 N–H and O–H groups in total. The number of ether oxygens (including phenoxy) is 4. The Balaban J connectivity index is 5.22. The van der Waals surface area contributed by atoms with E-state index in [9.17, 15) is 43.2 Å². The highest BCUT2D eigenvalue weighted by atomic mass is 31.2. The Kier molecular flexibility index (Phi) is 71.2. The molecule has 0 aliphatic heterocycles. The molecule has 0 heterocycles. The molecule has 5 atom stereocenters. The molecule has 0 spiro atoms. The quantitative estimate of drug-likeness (QED) is 0.0222. The van der Waals surface area contributed by atoms with Crippen LogP contribution in [0.25, 0.3) is 0 Å². The van der Waals surface area contributed by atoms with Gasteiger partial charge < -0.3 is 33.8 Å². The third kappa shape index (κ3) is 74.3. The smallest absolute Gasteiger partial charge is 0.462 e. The molecule has 0 aliphatic carbocycles. The van der Waals surface area contributed by atoms with Gasteiger partial charge in [0, 0.05) is 25.7 Å². The van der Waals surface area contributed by atoms with Crippen LogP contribution in [0.4, 0.5) is 0 Å². The maximum absolute atomic E-state index is 13.1. The molecule has 0 aromatic heterocycles. The summed E-state index contributed by atoms with van der Waals surface area (Å²) in [5, 5.41) is 10.6. The predicted octanol–water partition coefficient (Wildman–Crippen LogP) is 24.3. The molecule has 0 saturated carbocycles. The molecule has 100 heavy (non-hydrogen) atoms. The van der Waals surface area contributed by atoms with Crippen LogP contribution >= 0.6 is 15.6 Å². The SMILES string of the molecule is CCCCCCCCCCCCCCCCCCCCCCCC(=O)O[C@H](COC(=O)CCCCCCCCCCCCCCC(C)C)COP(=O)(O)OC[C@@H](O)COP(=O)(O)OC[C@@H](COC(=O)CCCCCCCCCC(C)C)OC(=O)CCCCCCCCCCCCCCCC. The predicted molar refractivity (Wildman–Crippen MR) is 409 cm³/mol. The topological polar surface area (TPSA) is 237 Å². The van der Waals surface area contributed by atoms with E-state index in [1.807, 2.05) is 0 Å². The van der Waals surface area contributed by atoms with Gasteiger partial charge in [-0.05, 0) is 37.5 Å². The van der Waals surface area contributed by atoms with E-state index in [0.29, 0.717) is 31.6 Å². The number of carbonyl (C=O) groups excluding carboxylic acids is 4. The van der Waals surface area contributed by atoms with E-state index in [1.54, 1.807) is 0 Å². The van der Waals surface area contributed by atoms with Crippen molar-refractivity contribution in [2.24, 2.45) is 11.8 Å². The minimum atomic E-state index is -4.96. The molecule has 0 saturated heterocycles. The van der Waals surface area contributed by atoms with Crippen molar-refractivity contribution >= 4 is 39.5 Å². The van der Waals surface area contributed by atoms with Crippen molar-refractivity contribution in [3.8, 4) is 0 Å². The summed E-state index contributed by atoms with van der Waals surface area (Å²) < 4.78 is 68.7. The molecule has 0 aromatic rings. The minimum Gasteiger partial charge on any atom is -0.462 e. The van der Waals surface area contributed by atoms with Crippen LogP contribution in [-0.2, 0) is 65.4 Å². The second-order valence-corrected chi connectivity index (χ2v) is 33.0. The van der Waals surface area contributed by atoms with Crippen molar-refractivity contribution in [3.63, 3.8) is 0 Å². The van der Waals surface area contributed by atoms with Crippen molar-refractivity contribution < 1.29 is 80.2 Å². The molecular weight excluding hydrogens is 1310 g/mol. The lowest BCUT2D eigenvalue weighted by Crippen LogP contribution is -2.30. The Hall–Kier alpha value is -1.94. The van der Waals surface area contributed by atoms with Gasteiger partial charge >= 0.3 is 39.5 Å². The van der Waals surface area contributed by atoms with Gasteiger partial charge in [0.15, 0.2) is 12.2 Å². The summed E-state index contributed by atoms with van der Waals surface area (Å²) in [5.41, 5.74) is 0. The van der Waals surface area contributed by atoms with Crippen LogP contribution in [0, 0.1) is 11.8 Å². The molecule has 594 valence electrons.